The fourth-order valence-electron chi connectivity index (χ4n) is 3.14. The van der Waals surface area contributed by atoms with Crippen LogP contribution in [0.1, 0.15) is 23.7 Å². The number of aromatic nitrogens is 3. The van der Waals surface area contributed by atoms with E-state index in [2.05, 4.69) is 20.6 Å². The molecule has 2 N–H and O–H groups in total. The summed E-state index contributed by atoms with van der Waals surface area (Å²) in [5.74, 6) is 0.469. The van der Waals surface area contributed by atoms with Crippen molar-refractivity contribution in [3.8, 4) is 22.0 Å². The van der Waals surface area contributed by atoms with E-state index in [-0.39, 0.29) is 5.91 Å². The molecule has 3 aromatic rings. The van der Waals surface area contributed by atoms with Crippen LogP contribution in [-0.4, -0.2) is 27.9 Å². The molecule has 0 atom stereocenters. The summed E-state index contributed by atoms with van der Waals surface area (Å²) >= 11 is 7.87. The maximum atomic E-state index is 11.3. The lowest BCUT2D eigenvalue weighted by atomic mass is 9.99. The number of fused-ring (bicyclic) bond motifs is 3. The van der Waals surface area contributed by atoms with E-state index in [1.54, 1.807) is 0 Å². The molecular weight excluding hydrogens is 382 g/mol. The predicted molar refractivity (Wildman–Crippen MR) is 108 cm³/mol. The van der Waals surface area contributed by atoms with Crippen LogP contribution in [0.3, 0.4) is 0 Å². The summed E-state index contributed by atoms with van der Waals surface area (Å²) in [5.41, 5.74) is 4.86. The van der Waals surface area contributed by atoms with Gasteiger partial charge in [0.2, 0.25) is 5.91 Å². The number of nitrogens with zero attached hydrogens (tertiary/aromatic N) is 3. The Morgan fingerprint density at radius 1 is 1.30 bits per heavy atom. The third-order valence-electron chi connectivity index (χ3n) is 4.34. The lowest BCUT2D eigenvalue weighted by molar-refractivity contribution is -0.114. The number of benzene rings is 1. The normalized spacial score (nSPS) is 12.4. The zero-order valence-electron chi connectivity index (χ0n) is 15.0. The van der Waals surface area contributed by atoms with Crippen molar-refractivity contribution < 1.29 is 4.79 Å². The van der Waals surface area contributed by atoms with Crippen LogP contribution in [0.15, 0.2) is 24.4 Å². The molecule has 6 nitrogen and oxygen atoms in total. The summed E-state index contributed by atoms with van der Waals surface area (Å²) in [6, 6.07) is 5.88. The SMILES string of the molecule is CNCc1ccc(Cl)c(-c2ncc3c(n2)-c2sc(NC(C)=O)nc2CC3)c1. The van der Waals surface area contributed by atoms with Gasteiger partial charge >= 0.3 is 0 Å². The number of thiazole rings is 1. The molecule has 0 spiro atoms. The number of amides is 1. The summed E-state index contributed by atoms with van der Waals surface area (Å²) in [5, 5.41) is 7.13. The van der Waals surface area contributed by atoms with Crippen molar-refractivity contribution in [2.24, 2.45) is 0 Å². The first-order chi connectivity index (χ1) is 13.0. The Balaban J connectivity index is 1.78. The first-order valence-electron chi connectivity index (χ1n) is 8.62. The van der Waals surface area contributed by atoms with Gasteiger partial charge in [-0.15, -0.1) is 0 Å². The van der Waals surface area contributed by atoms with Gasteiger partial charge in [0.05, 0.1) is 21.3 Å². The molecule has 2 aromatic heterocycles. The highest BCUT2D eigenvalue weighted by Gasteiger charge is 2.24. The van der Waals surface area contributed by atoms with Gasteiger partial charge in [0.25, 0.3) is 0 Å². The van der Waals surface area contributed by atoms with Gasteiger partial charge in [-0.3, -0.25) is 4.79 Å². The smallest absolute Gasteiger partial charge is 0.223 e. The maximum Gasteiger partial charge on any atom is 0.223 e. The Kier molecular flexibility index (Phi) is 4.90. The van der Waals surface area contributed by atoms with E-state index in [0.717, 1.165) is 52.3 Å². The number of hydrogen-bond acceptors (Lipinski definition) is 6. The van der Waals surface area contributed by atoms with Crippen molar-refractivity contribution in [2.45, 2.75) is 26.3 Å². The minimum Gasteiger partial charge on any atom is -0.316 e. The molecule has 1 aliphatic carbocycles. The second-order valence-corrected chi connectivity index (χ2v) is 7.79. The van der Waals surface area contributed by atoms with Gasteiger partial charge in [-0.2, -0.15) is 0 Å². The van der Waals surface area contributed by atoms with Gasteiger partial charge in [0, 0.05) is 25.2 Å². The lowest BCUT2D eigenvalue weighted by Gasteiger charge is -2.15. The van der Waals surface area contributed by atoms with Gasteiger partial charge in [-0.1, -0.05) is 29.0 Å². The highest BCUT2D eigenvalue weighted by molar-refractivity contribution is 7.19. The number of nitrogens with one attached hydrogen (secondary N) is 2. The number of halogens is 1. The number of aryl methyl sites for hydroxylation is 2. The van der Waals surface area contributed by atoms with Crippen LogP contribution < -0.4 is 10.6 Å². The molecule has 4 rings (SSSR count). The van der Waals surface area contributed by atoms with Crippen LogP contribution in [0.5, 0.6) is 0 Å². The van der Waals surface area contributed by atoms with E-state index >= 15 is 0 Å². The van der Waals surface area contributed by atoms with E-state index in [4.69, 9.17) is 16.6 Å². The number of carbonyl (C=O) groups excluding carboxylic acids is 1. The van der Waals surface area contributed by atoms with Gasteiger partial charge in [-0.25, -0.2) is 15.0 Å². The minimum absolute atomic E-state index is 0.127. The molecule has 0 aliphatic heterocycles. The van der Waals surface area contributed by atoms with Gasteiger partial charge in [0.15, 0.2) is 11.0 Å². The average molecular weight is 400 g/mol. The topological polar surface area (TPSA) is 79.8 Å². The Morgan fingerprint density at radius 3 is 2.93 bits per heavy atom. The second-order valence-electron chi connectivity index (χ2n) is 6.39. The molecule has 27 heavy (non-hydrogen) atoms. The molecule has 0 unspecified atom stereocenters. The predicted octanol–water partition coefficient (Wildman–Crippen LogP) is 3.70. The van der Waals surface area contributed by atoms with Crippen molar-refractivity contribution in [2.75, 3.05) is 12.4 Å². The molecule has 0 saturated carbocycles. The molecule has 0 radical (unpaired) electrons. The molecule has 0 saturated heterocycles. The van der Waals surface area contributed by atoms with Crippen molar-refractivity contribution >= 4 is 34.0 Å². The highest BCUT2D eigenvalue weighted by atomic mass is 35.5. The highest BCUT2D eigenvalue weighted by Crippen LogP contribution is 2.39. The maximum absolute atomic E-state index is 11.3. The monoisotopic (exact) mass is 399 g/mol. The zero-order chi connectivity index (χ0) is 19.0. The Bertz CT molecular complexity index is 1030. The molecule has 1 amide bonds. The Morgan fingerprint density at radius 2 is 2.15 bits per heavy atom. The third kappa shape index (κ3) is 3.58. The molecular formula is C19H18ClN5OS. The second kappa shape index (κ2) is 7.34. The molecule has 2 heterocycles. The Hall–Kier alpha value is -2.35. The minimum atomic E-state index is -0.127. The van der Waals surface area contributed by atoms with Crippen LogP contribution in [-0.2, 0) is 24.2 Å². The number of anilines is 1. The van der Waals surface area contributed by atoms with E-state index < -0.39 is 0 Å². The Labute approximate surface area is 166 Å². The van der Waals surface area contributed by atoms with E-state index in [0.29, 0.717) is 16.0 Å². The summed E-state index contributed by atoms with van der Waals surface area (Å²) in [6.07, 6.45) is 3.53. The summed E-state index contributed by atoms with van der Waals surface area (Å²) in [4.78, 5) is 26.2. The third-order valence-corrected chi connectivity index (χ3v) is 5.69. The zero-order valence-corrected chi connectivity index (χ0v) is 16.5. The van der Waals surface area contributed by atoms with Gasteiger partial charge in [0.1, 0.15) is 0 Å². The summed E-state index contributed by atoms with van der Waals surface area (Å²) in [6.45, 7) is 2.23. The van der Waals surface area contributed by atoms with E-state index in [1.165, 1.54) is 18.3 Å². The standard InChI is InChI=1S/C19H18ClN5OS/c1-10(26)23-19-24-15-6-4-12-9-22-18(25-16(12)17(15)27-19)13-7-11(8-21-2)3-5-14(13)20/h3,5,7,9,21H,4,6,8H2,1-2H3,(H,23,24,26). The van der Waals surface area contributed by atoms with Crippen molar-refractivity contribution in [3.05, 3.63) is 46.2 Å². The first-order valence-corrected chi connectivity index (χ1v) is 9.81. The van der Waals surface area contributed by atoms with Gasteiger partial charge in [-0.05, 0) is 43.1 Å². The summed E-state index contributed by atoms with van der Waals surface area (Å²) in [7, 11) is 1.90. The summed E-state index contributed by atoms with van der Waals surface area (Å²) < 4.78 is 0. The fourth-order valence-corrected chi connectivity index (χ4v) is 4.42. The van der Waals surface area contributed by atoms with Crippen LogP contribution in [0.25, 0.3) is 22.0 Å². The van der Waals surface area contributed by atoms with Gasteiger partial charge < -0.3 is 10.6 Å². The molecule has 1 aliphatic rings. The quantitative estimate of drug-likeness (QED) is 0.699. The van der Waals surface area contributed by atoms with Crippen LogP contribution >= 0.6 is 22.9 Å². The fraction of sp³-hybridized carbons (Fsp3) is 0.263. The molecule has 0 fully saturated rings. The number of hydrogen-bond donors (Lipinski definition) is 2. The first kappa shape index (κ1) is 18.0. The molecule has 138 valence electrons. The average Bonchev–Trinajstić information content (AvgIpc) is 3.05. The van der Waals surface area contributed by atoms with Crippen LogP contribution in [0.4, 0.5) is 5.13 Å². The molecule has 0 bridgehead atoms. The van der Waals surface area contributed by atoms with Crippen molar-refractivity contribution in [1.82, 2.24) is 20.3 Å². The number of carbonyl (C=O) groups is 1. The molecule has 1 aromatic carbocycles. The van der Waals surface area contributed by atoms with Crippen molar-refractivity contribution in [3.63, 3.8) is 0 Å². The van der Waals surface area contributed by atoms with Crippen molar-refractivity contribution in [1.29, 1.82) is 0 Å². The van der Waals surface area contributed by atoms with Crippen LogP contribution in [0, 0.1) is 0 Å². The van der Waals surface area contributed by atoms with Crippen LogP contribution in [0.2, 0.25) is 5.02 Å². The number of rotatable bonds is 4. The molecule has 8 heteroatoms. The van der Waals surface area contributed by atoms with E-state index in [9.17, 15) is 4.79 Å². The largest absolute Gasteiger partial charge is 0.316 e. The van der Waals surface area contributed by atoms with E-state index in [1.807, 2.05) is 31.4 Å². The lowest BCUT2D eigenvalue weighted by Crippen LogP contribution is -2.08.